The molecule has 0 aromatic heterocycles. The van der Waals surface area contributed by atoms with Gasteiger partial charge in [0.2, 0.25) is 0 Å². The first-order valence-electron chi connectivity index (χ1n) is 6.83. The van der Waals surface area contributed by atoms with Gasteiger partial charge in [-0.2, -0.15) is 0 Å². The normalized spacial score (nSPS) is 9.81. The number of ether oxygens (including phenoxy) is 1. The molecule has 0 spiro atoms. The van der Waals surface area contributed by atoms with Gasteiger partial charge in [0.1, 0.15) is 5.75 Å². The van der Waals surface area contributed by atoms with Crippen molar-refractivity contribution < 1.29 is 9.53 Å². The molecule has 116 valence electrons. The fraction of sp³-hybridized carbons (Fsp3) is 0.429. The predicted molar refractivity (Wildman–Crippen MR) is 88.4 cm³/mol. The number of hydrogen-bond donors (Lipinski definition) is 3. The third-order valence-electron chi connectivity index (χ3n) is 2.56. The summed E-state index contributed by atoms with van der Waals surface area (Å²) < 4.78 is 5.29. The summed E-state index contributed by atoms with van der Waals surface area (Å²) in [6, 6.07) is 6.79. The van der Waals surface area contributed by atoms with Crippen LogP contribution in [0.1, 0.15) is 26.2 Å². The molecular formula is C14H20ClN3O2S. The molecule has 0 atom stereocenters. The molecule has 3 N–H and O–H groups in total. The molecule has 0 saturated carbocycles. The molecule has 0 aliphatic rings. The van der Waals surface area contributed by atoms with Crippen molar-refractivity contribution in [2.45, 2.75) is 26.2 Å². The van der Waals surface area contributed by atoms with E-state index >= 15 is 0 Å². The second-order valence-corrected chi connectivity index (χ2v) is 5.22. The maximum absolute atomic E-state index is 11.6. The van der Waals surface area contributed by atoms with Gasteiger partial charge < -0.3 is 10.1 Å². The quantitative estimate of drug-likeness (QED) is 0.407. The van der Waals surface area contributed by atoms with Gasteiger partial charge in [-0.15, -0.1) is 0 Å². The van der Waals surface area contributed by atoms with E-state index < -0.39 is 0 Å². The van der Waals surface area contributed by atoms with E-state index in [4.69, 9.17) is 28.6 Å². The Kier molecular flexibility index (Phi) is 8.54. The molecule has 7 heteroatoms. The lowest BCUT2D eigenvalue weighted by Crippen LogP contribution is -2.48. The summed E-state index contributed by atoms with van der Waals surface area (Å²) in [4.78, 5) is 11.6. The standard InChI is InChI=1S/C14H20ClN3O2S/c1-2-3-4-9-16-14(21)18-17-13(19)10-20-12-7-5-11(15)6-8-12/h5-8H,2-4,9-10H2,1H3,(H,17,19)(H2,16,18,21). The van der Waals surface area contributed by atoms with Crippen molar-refractivity contribution in [3.05, 3.63) is 29.3 Å². The highest BCUT2D eigenvalue weighted by molar-refractivity contribution is 7.80. The summed E-state index contributed by atoms with van der Waals surface area (Å²) >= 11 is 10.8. The molecule has 5 nitrogen and oxygen atoms in total. The smallest absolute Gasteiger partial charge is 0.276 e. The van der Waals surface area contributed by atoms with Gasteiger partial charge in [0.15, 0.2) is 11.7 Å². The Balaban J connectivity index is 2.13. The van der Waals surface area contributed by atoms with Crippen LogP contribution in [0.25, 0.3) is 0 Å². The molecule has 1 aromatic carbocycles. The van der Waals surface area contributed by atoms with Crippen LogP contribution >= 0.6 is 23.8 Å². The van der Waals surface area contributed by atoms with Gasteiger partial charge in [0.05, 0.1) is 0 Å². The highest BCUT2D eigenvalue weighted by atomic mass is 35.5. The van der Waals surface area contributed by atoms with Crippen LogP contribution in [0.5, 0.6) is 5.75 Å². The van der Waals surface area contributed by atoms with Gasteiger partial charge in [-0.1, -0.05) is 31.4 Å². The molecule has 1 amide bonds. The second kappa shape index (κ2) is 10.2. The highest BCUT2D eigenvalue weighted by Crippen LogP contribution is 2.15. The van der Waals surface area contributed by atoms with Crippen molar-refractivity contribution in [3.8, 4) is 5.75 Å². The third kappa shape index (κ3) is 8.37. The summed E-state index contributed by atoms with van der Waals surface area (Å²) in [6.45, 7) is 2.82. The molecule has 0 radical (unpaired) electrons. The summed E-state index contributed by atoms with van der Waals surface area (Å²) in [5.74, 6) is 0.262. The fourth-order valence-electron chi connectivity index (χ4n) is 1.46. The van der Waals surface area contributed by atoms with E-state index in [9.17, 15) is 4.79 Å². The monoisotopic (exact) mass is 329 g/mol. The summed E-state index contributed by atoms with van der Waals surface area (Å²) in [5, 5.41) is 4.02. The van der Waals surface area contributed by atoms with Crippen LogP contribution in [0, 0.1) is 0 Å². The maximum atomic E-state index is 11.6. The number of rotatable bonds is 7. The SMILES string of the molecule is CCCCCNC(=S)NNC(=O)COc1ccc(Cl)cc1. The molecule has 0 saturated heterocycles. The van der Waals surface area contributed by atoms with Gasteiger partial charge >= 0.3 is 0 Å². The maximum Gasteiger partial charge on any atom is 0.276 e. The number of carbonyl (C=O) groups excluding carboxylic acids is 1. The average Bonchev–Trinajstić information content (AvgIpc) is 2.49. The molecule has 1 aromatic rings. The van der Waals surface area contributed by atoms with Gasteiger partial charge in [0, 0.05) is 11.6 Å². The summed E-state index contributed by atoms with van der Waals surface area (Å²) in [5.41, 5.74) is 5.09. The molecule has 1 rings (SSSR count). The number of amides is 1. The van der Waals surface area contributed by atoms with E-state index in [1.807, 2.05) is 0 Å². The van der Waals surface area contributed by atoms with E-state index in [1.54, 1.807) is 24.3 Å². The van der Waals surface area contributed by atoms with Crippen LogP contribution in [0.4, 0.5) is 0 Å². The Morgan fingerprint density at radius 3 is 2.62 bits per heavy atom. The molecule has 0 aliphatic carbocycles. The Bertz CT molecular complexity index is 454. The number of carbonyl (C=O) groups is 1. The number of halogens is 1. The number of nitrogens with one attached hydrogen (secondary N) is 3. The molecule has 0 fully saturated rings. The zero-order valence-electron chi connectivity index (χ0n) is 11.9. The average molecular weight is 330 g/mol. The van der Waals surface area contributed by atoms with Crippen molar-refractivity contribution >= 4 is 34.8 Å². The Morgan fingerprint density at radius 2 is 1.95 bits per heavy atom. The van der Waals surface area contributed by atoms with Gasteiger partial charge in [0.25, 0.3) is 5.91 Å². The first-order chi connectivity index (χ1) is 10.1. The van der Waals surface area contributed by atoms with Crippen molar-refractivity contribution in [1.82, 2.24) is 16.2 Å². The largest absolute Gasteiger partial charge is 0.484 e. The minimum atomic E-state index is -0.317. The third-order valence-corrected chi connectivity index (χ3v) is 3.06. The second-order valence-electron chi connectivity index (χ2n) is 4.38. The van der Waals surface area contributed by atoms with E-state index in [0.717, 1.165) is 25.8 Å². The molecular weight excluding hydrogens is 310 g/mol. The number of hydrogen-bond acceptors (Lipinski definition) is 3. The van der Waals surface area contributed by atoms with Crippen LogP contribution in [0.3, 0.4) is 0 Å². The summed E-state index contributed by atoms with van der Waals surface area (Å²) in [7, 11) is 0. The van der Waals surface area contributed by atoms with E-state index in [2.05, 4.69) is 23.1 Å². The molecule has 0 aliphatic heterocycles. The zero-order valence-corrected chi connectivity index (χ0v) is 13.5. The summed E-state index contributed by atoms with van der Waals surface area (Å²) in [6.07, 6.45) is 3.35. The lowest BCUT2D eigenvalue weighted by Gasteiger charge is -2.11. The topological polar surface area (TPSA) is 62.4 Å². The number of benzene rings is 1. The minimum absolute atomic E-state index is 0.104. The Morgan fingerprint density at radius 1 is 1.24 bits per heavy atom. The highest BCUT2D eigenvalue weighted by Gasteiger charge is 2.03. The molecule has 0 unspecified atom stereocenters. The zero-order chi connectivity index (χ0) is 15.5. The Labute approximate surface area is 135 Å². The van der Waals surface area contributed by atoms with E-state index in [1.165, 1.54) is 0 Å². The first-order valence-corrected chi connectivity index (χ1v) is 7.61. The van der Waals surface area contributed by atoms with Crippen LogP contribution in [-0.4, -0.2) is 24.2 Å². The molecule has 0 heterocycles. The van der Waals surface area contributed by atoms with Crippen LogP contribution in [0.2, 0.25) is 5.02 Å². The van der Waals surface area contributed by atoms with Gasteiger partial charge in [-0.05, 0) is 42.9 Å². The van der Waals surface area contributed by atoms with E-state index in [0.29, 0.717) is 15.9 Å². The van der Waals surface area contributed by atoms with Crippen molar-refractivity contribution in [2.75, 3.05) is 13.2 Å². The van der Waals surface area contributed by atoms with Crippen molar-refractivity contribution in [3.63, 3.8) is 0 Å². The lowest BCUT2D eigenvalue weighted by atomic mass is 10.2. The number of thiocarbonyl (C=S) groups is 1. The first kappa shape index (κ1) is 17.5. The molecule has 0 bridgehead atoms. The van der Waals surface area contributed by atoms with Crippen molar-refractivity contribution in [1.29, 1.82) is 0 Å². The van der Waals surface area contributed by atoms with Crippen molar-refractivity contribution in [2.24, 2.45) is 0 Å². The molecule has 21 heavy (non-hydrogen) atoms. The number of hydrazine groups is 1. The van der Waals surface area contributed by atoms with E-state index in [-0.39, 0.29) is 12.5 Å². The minimum Gasteiger partial charge on any atom is -0.484 e. The van der Waals surface area contributed by atoms with Gasteiger partial charge in [-0.3, -0.25) is 15.6 Å². The van der Waals surface area contributed by atoms with Crippen LogP contribution < -0.4 is 20.9 Å². The van der Waals surface area contributed by atoms with Gasteiger partial charge in [-0.25, -0.2) is 0 Å². The Hall–Kier alpha value is -1.53. The van der Waals surface area contributed by atoms with Crippen LogP contribution in [0.15, 0.2) is 24.3 Å². The lowest BCUT2D eigenvalue weighted by molar-refractivity contribution is -0.123. The fourth-order valence-corrected chi connectivity index (χ4v) is 1.74. The predicted octanol–water partition coefficient (Wildman–Crippen LogP) is 2.40. The van der Waals surface area contributed by atoms with Crippen LogP contribution in [-0.2, 0) is 4.79 Å². The number of unbranched alkanes of at least 4 members (excludes halogenated alkanes) is 2.